The maximum Gasteiger partial charge on any atom is 0.265 e. The molecule has 0 fully saturated rings. The van der Waals surface area contributed by atoms with Gasteiger partial charge in [0.2, 0.25) is 10.0 Å². The highest BCUT2D eigenvalue weighted by atomic mass is 35.5. The summed E-state index contributed by atoms with van der Waals surface area (Å²) in [6, 6.07) is 7.87. The lowest BCUT2D eigenvalue weighted by molar-refractivity contribution is 0.103. The fourth-order valence-corrected chi connectivity index (χ4v) is 3.71. The Morgan fingerprint density at radius 1 is 1.12 bits per heavy atom. The topological polar surface area (TPSA) is 101 Å². The maximum absolute atomic E-state index is 12.4. The van der Waals surface area contributed by atoms with E-state index in [1.165, 1.54) is 29.5 Å². The van der Waals surface area contributed by atoms with Crippen LogP contribution >= 0.6 is 22.9 Å². The molecule has 3 aromatic rings. The predicted molar refractivity (Wildman–Crippen MR) is 103 cm³/mol. The average molecular weight is 409 g/mol. The number of halogens is 1. The van der Waals surface area contributed by atoms with E-state index in [0.29, 0.717) is 21.4 Å². The van der Waals surface area contributed by atoms with Crippen molar-refractivity contribution in [2.75, 3.05) is 16.3 Å². The molecule has 3 rings (SSSR count). The second kappa shape index (κ2) is 7.40. The van der Waals surface area contributed by atoms with Gasteiger partial charge in [-0.2, -0.15) is 0 Å². The fourth-order valence-electron chi connectivity index (χ4n) is 2.15. The Kier molecular flexibility index (Phi) is 5.21. The van der Waals surface area contributed by atoms with Crippen molar-refractivity contribution >= 4 is 50.2 Å². The number of carbonyl (C=O) groups excluding carboxylic acids is 1. The first-order chi connectivity index (χ1) is 12.3. The van der Waals surface area contributed by atoms with Crippen molar-refractivity contribution in [2.24, 2.45) is 0 Å². The van der Waals surface area contributed by atoms with E-state index < -0.39 is 10.0 Å². The Labute approximate surface area is 159 Å². The van der Waals surface area contributed by atoms with Crippen LogP contribution in [0.4, 0.5) is 11.4 Å². The third-order valence-corrected chi connectivity index (χ3v) is 4.86. The molecule has 0 aliphatic carbocycles. The summed E-state index contributed by atoms with van der Waals surface area (Å²) < 4.78 is 25.0. The number of thiophene rings is 1. The Morgan fingerprint density at radius 2 is 1.81 bits per heavy atom. The minimum absolute atomic E-state index is 0.264. The fraction of sp³-hybridized carbons (Fsp3) is 0.0625. The number of hydrogen-bond acceptors (Lipinski definition) is 6. The van der Waals surface area contributed by atoms with E-state index in [0.717, 1.165) is 11.8 Å². The zero-order valence-corrected chi connectivity index (χ0v) is 15.8. The van der Waals surface area contributed by atoms with E-state index in [-0.39, 0.29) is 11.6 Å². The Balaban J connectivity index is 1.79. The molecule has 0 atom stereocenters. The molecule has 0 saturated heterocycles. The summed E-state index contributed by atoms with van der Waals surface area (Å²) in [7, 11) is -3.45. The number of amides is 1. The van der Waals surface area contributed by atoms with E-state index in [1.807, 2.05) is 0 Å². The van der Waals surface area contributed by atoms with E-state index in [9.17, 15) is 13.2 Å². The van der Waals surface area contributed by atoms with Gasteiger partial charge in [0.15, 0.2) is 5.82 Å². The molecule has 0 radical (unpaired) electrons. The molecule has 0 aliphatic heterocycles. The average Bonchev–Trinajstić information content (AvgIpc) is 3.03. The van der Waals surface area contributed by atoms with Gasteiger partial charge in [0.05, 0.1) is 16.8 Å². The number of benzene rings is 1. The van der Waals surface area contributed by atoms with Crippen molar-refractivity contribution in [2.45, 2.75) is 0 Å². The van der Waals surface area contributed by atoms with Gasteiger partial charge in [-0.25, -0.2) is 18.4 Å². The van der Waals surface area contributed by atoms with Gasteiger partial charge < -0.3 is 5.32 Å². The zero-order valence-electron chi connectivity index (χ0n) is 13.4. The number of anilines is 2. The van der Waals surface area contributed by atoms with Crippen molar-refractivity contribution in [1.82, 2.24) is 9.97 Å². The van der Waals surface area contributed by atoms with Crippen molar-refractivity contribution < 1.29 is 13.2 Å². The molecule has 0 aliphatic rings. The van der Waals surface area contributed by atoms with Crippen molar-refractivity contribution in [3.8, 4) is 11.4 Å². The molecule has 1 amide bonds. The second-order valence-corrected chi connectivity index (χ2v) is 8.43. The van der Waals surface area contributed by atoms with Crippen LogP contribution < -0.4 is 10.0 Å². The monoisotopic (exact) mass is 408 g/mol. The Hall–Kier alpha value is -2.49. The van der Waals surface area contributed by atoms with Gasteiger partial charge in [-0.1, -0.05) is 11.6 Å². The number of carbonyl (C=O) groups is 1. The van der Waals surface area contributed by atoms with Crippen LogP contribution in [0.25, 0.3) is 11.4 Å². The van der Waals surface area contributed by atoms with Crippen molar-refractivity contribution in [3.63, 3.8) is 0 Å². The smallest absolute Gasteiger partial charge is 0.265 e. The van der Waals surface area contributed by atoms with Crippen LogP contribution in [0.2, 0.25) is 5.02 Å². The quantitative estimate of drug-likeness (QED) is 0.673. The van der Waals surface area contributed by atoms with Gasteiger partial charge in [-0.15, -0.1) is 11.3 Å². The number of rotatable bonds is 5. The summed E-state index contributed by atoms with van der Waals surface area (Å²) in [5.74, 6) is 0.190. The molecular weight excluding hydrogens is 396 g/mol. The van der Waals surface area contributed by atoms with Crippen LogP contribution in [0.5, 0.6) is 0 Å². The van der Waals surface area contributed by atoms with Crippen molar-refractivity contribution in [1.29, 1.82) is 0 Å². The second-order valence-electron chi connectivity index (χ2n) is 5.33. The molecule has 2 N–H and O–H groups in total. The molecule has 0 saturated carbocycles. The van der Waals surface area contributed by atoms with Crippen LogP contribution in [-0.2, 0) is 10.0 Å². The molecule has 7 nitrogen and oxygen atoms in total. The number of sulfonamides is 1. The number of nitrogens with one attached hydrogen (secondary N) is 2. The molecule has 2 heterocycles. The largest absolute Gasteiger partial charge is 0.321 e. The standard InChI is InChI=1S/C16H13ClN4O3S2/c1-26(23,24)21-13-7-11(17)6-12(8-13)20-16(22)14-5-10(9-25-14)15-18-3-2-4-19-15/h2-9,21H,1H3,(H,20,22). The lowest BCUT2D eigenvalue weighted by Crippen LogP contribution is -2.12. The molecular formula is C16H13ClN4O3S2. The molecule has 0 unspecified atom stereocenters. The number of hydrogen-bond donors (Lipinski definition) is 2. The first-order valence-corrected chi connectivity index (χ1v) is 10.4. The number of aromatic nitrogens is 2. The first kappa shape index (κ1) is 18.3. The summed E-state index contributed by atoms with van der Waals surface area (Å²) in [5.41, 5.74) is 1.38. The van der Waals surface area contributed by atoms with Gasteiger partial charge >= 0.3 is 0 Å². The molecule has 2 aromatic heterocycles. The van der Waals surface area contributed by atoms with Gasteiger partial charge in [-0.3, -0.25) is 9.52 Å². The van der Waals surface area contributed by atoms with Crippen LogP contribution in [-0.4, -0.2) is 30.5 Å². The van der Waals surface area contributed by atoms with Crippen LogP contribution in [0.15, 0.2) is 48.1 Å². The van der Waals surface area contributed by atoms with E-state index >= 15 is 0 Å². The van der Waals surface area contributed by atoms with Crippen LogP contribution in [0, 0.1) is 0 Å². The SMILES string of the molecule is CS(=O)(=O)Nc1cc(Cl)cc(NC(=O)c2cc(-c3ncccn3)cs2)c1. The van der Waals surface area contributed by atoms with Gasteiger partial charge in [0.25, 0.3) is 5.91 Å². The minimum Gasteiger partial charge on any atom is -0.321 e. The third kappa shape index (κ3) is 4.78. The van der Waals surface area contributed by atoms with E-state index in [4.69, 9.17) is 11.6 Å². The highest BCUT2D eigenvalue weighted by molar-refractivity contribution is 7.92. The number of nitrogens with zero attached hydrogens (tertiary/aromatic N) is 2. The molecule has 0 spiro atoms. The first-order valence-electron chi connectivity index (χ1n) is 7.26. The zero-order chi connectivity index (χ0) is 18.7. The molecule has 26 heavy (non-hydrogen) atoms. The van der Waals surface area contributed by atoms with Gasteiger partial charge in [-0.05, 0) is 30.3 Å². The van der Waals surface area contributed by atoms with Gasteiger partial charge in [0, 0.05) is 34.0 Å². The van der Waals surface area contributed by atoms with Gasteiger partial charge in [0.1, 0.15) is 0 Å². The molecule has 134 valence electrons. The van der Waals surface area contributed by atoms with Crippen molar-refractivity contribution in [3.05, 3.63) is 58.0 Å². The molecule has 1 aromatic carbocycles. The summed E-state index contributed by atoms with van der Waals surface area (Å²) in [6.45, 7) is 0. The maximum atomic E-state index is 12.4. The predicted octanol–water partition coefficient (Wildman–Crippen LogP) is 3.48. The lowest BCUT2D eigenvalue weighted by Gasteiger charge is -2.09. The third-order valence-electron chi connectivity index (χ3n) is 3.11. The summed E-state index contributed by atoms with van der Waals surface area (Å²) in [6.07, 6.45) is 4.29. The van der Waals surface area contributed by atoms with Crippen LogP contribution in [0.3, 0.4) is 0 Å². The highest BCUT2D eigenvalue weighted by Crippen LogP contribution is 2.26. The lowest BCUT2D eigenvalue weighted by atomic mass is 10.2. The Morgan fingerprint density at radius 3 is 2.50 bits per heavy atom. The summed E-state index contributed by atoms with van der Waals surface area (Å²) in [5, 5.41) is 4.78. The minimum atomic E-state index is -3.45. The normalized spacial score (nSPS) is 11.2. The van der Waals surface area contributed by atoms with E-state index in [1.54, 1.807) is 29.9 Å². The Bertz CT molecular complexity index is 1050. The van der Waals surface area contributed by atoms with E-state index in [2.05, 4.69) is 20.0 Å². The molecule has 10 heteroatoms. The summed E-state index contributed by atoms with van der Waals surface area (Å²) >= 11 is 7.25. The molecule has 0 bridgehead atoms. The summed E-state index contributed by atoms with van der Waals surface area (Å²) in [4.78, 5) is 21.2. The van der Waals surface area contributed by atoms with Crippen LogP contribution in [0.1, 0.15) is 9.67 Å². The highest BCUT2D eigenvalue weighted by Gasteiger charge is 2.13.